The first kappa shape index (κ1) is 18.0. The molecular formula is C21H27N3O3. The van der Waals surface area contributed by atoms with E-state index in [-0.39, 0.29) is 17.2 Å². The number of amides is 3. The largest absolute Gasteiger partial charge is 0.339 e. The van der Waals surface area contributed by atoms with Crippen molar-refractivity contribution in [3.8, 4) is 0 Å². The van der Waals surface area contributed by atoms with Crippen LogP contribution in [0.5, 0.6) is 0 Å². The summed E-state index contributed by atoms with van der Waals surface area (Å²) in [4.78, 5) is 40.1. The van der Waals surface area contributed by atoms with Gasteiger partial charge in [-0.25, -0.2) is 4.79 Å². The Morgan fingerprint density at radius 1 is 1.07 bits per heavy atom. The van der Waals surface area contributed by atoms with E-state index in [0.29, 0.717) is 29.6 Å². The number of benzene rings is 1. The van der Waals surface area contributed by atoms with Gasteiger partial charge in [0.2, 0.25) is 5.91 Å². The van der Waals surface area contributed by atoms with Gasteiger partial charge < -0.3 is 15.1 Å². The first-order valence-electron chi connectivity index (χ1n) is 9.92. The summed E-state index contributed by atoms with van der Waals surface area (Å²) in [6.07, 6.45) is 5.83. The number of rotatable bonds is 3. The van der Waals surface area contributed by atoms with Crippen LogP contribution in [0.2, 0.25) is 0 Å². The zero-order valence-electron chi connectivity index (χ0n) is 15.9. The fourth-order valence-corrected chi connectivity index (χ4v) is 4.35. The third-order valence-corrected chi connectivity index (χ3v) is 6.34. The summed E-state index contributed by atoms with van der Waals surface area (Å²) in [5, 5.41) is 2.92. The number of ketones is 1. The first-order chi connectivity index (χ1) is 13.0. The van der Waals surface area contributed by atoms with Crippen molar-refractivity contribution in [3.63, 3.8) is 0 Å². The molecule has 1 saturated carbocycles. The fraction of sp³-hybridized carbons (Fsp3) is 0.571. The summed E-state index contributed by atoms with van der Waals surface area (Å²) in [7, 11) is 0. The molecular weight excluding hydrogens is 342 g/mol. The van der Waals surface area contributed by atoms with E-state index >= 15 is 0 Å². The number of hydrogen-bond acceptors (Lipinski definition) is 3. The fourth-order valence-electron chi connectivity index (χ4n) is 4.35. The molecule has 0 atom stereocenters. The molecule has 144 valence electrons. The summed E-state index contributed by atoms with van der Waals surface area (Å²) in [5.74, 6) is 0.331. The molecule has 0 unspecified atom stereocenters. The Bertz CT molecular complexity index is 746. The van der Waals surface area contributed by atoms with Crippen LogP contribution in [0.3, 0.4) is 0 Å². The van der Waals surface area contributed by atoms with E-state index in [2.05, 4.69) is 10.2 Å². The van der Waals surface area contributed by atoms with Gasteiger partial charge in [0.05, 0.1) is 0 Å². The quantitative estimate of drug-likeness (QED) is 0.831. The highest BCUT2D eigenvalue weighted by atomic mass is 16.2. The maximum atomic E-state index is 12.6. The number of carbonyl (C=O) groups is 3. The van der Waals surface area contributed by atoms with Gasteiger partial charge in [0.15, 0.2) is 5.78 Å². The van der Waals surface area contributed by atoms with Crippen LogP contribution >= 0.6 is 0 Å². The van der Waals surface area contributed by atoms with Gasteiger partial charge in [0.1, 0.15) is 0 Å². The van der Waals surface area contributed by atoms with Crippen LogP contribution in [0.1, 0.15) is 55.8 Å². The topological polar surface area (TPSA) is 69.7 Å². The van der Waals surface area contributed by atoms with Crippen molar-refractivity contribution >= 4 is 23.4 Å². The molecule has 3 fully saturated rings. The second-order valence-corrected chi connectivity index (χ2v) is 8.30. The number of urea groups is 1. The maximum Gasteiger partial charge on any atom is 0.321 e. The molecule has 2 aliphatic heterocycles. The van der Waals surface area contributed by atoms with Crippen LogP contribution in [0, 0.1) is 5.41 Å². The number of hydrogen-bond donors (Lipinski definition) is 1. The predicted octanol–water partition coefficient (Wildman–Crippen LogP) is 3.29. The van der Waals surface area contributed by atoms with E-state index in [0.717, 1.165) is 51.7 Å². The Morgan fingerprint density at radius 3 is 2.33 bits per heavy atom. The average Bonchev–Trinajstić information content (AvgIpc) is 3.50. The predicted molar refractivity (Wildman–Crippen MR) is 103 cm³/mol. The molecule has 27 heavy (non-hydrogen) atoms. The van der Waals surface area contributed by atoms with E-state index in [4.69, 9.17) is 0 Å². The van der Waals surface area contributed by atoms with Gasteiger partial charge in [-0.15, -0.1) is 0 Å². The Balaban J connectivity index is 1.32. The monoisotopic (exact) mass is 369 g/mol. The number of Topliss-reactive ketones (excluding diaryl/α,β-unsaturated/α-hetero) is 1. The van der Waals surface area contributed by atoms with E-state index in [9.17, 15) is 14.4 Å². The van der Waals surface area contributed by atoms with Gasteiger partial charge >= 0.3 is 6.03 Å². The van der Waals surface area contributed by atoms with Crippen LogP contribution in [0.4, 0.5) is 10.5 Å². The zero-order valence-corrected chi connectivity index (χ0v) is 15.9. The SMILES string of the molecule is CC(=O)c1ccc(NC(=O)N2CCC3(CCC(=O)N(C4CC4)C3)CC2)cc1. The van der Waals surface area contributed by atoms with E-state index in [1.54, 1.807) is 24.3 Å². The molecule has 3 aliphatic rings. The number of carbonyl (C=O) groups excluding carboxylic acids is 3. The number of likely N-dealkylation sites (tertiary alicyclic amines) is 2. The van der Waals surface area contributed by atoms with Crippen molar-refractivity contribution in [2.24, 2.45) is 5.41 Å². The van der Waals surface area contributed by atoms with Crippen LogP contribution in [0.25, 0.3) is 0 Å². The molecule has 0 aromatic heterocycles. The van der Waals surface area contributed by atoms with Gasteiger partial charge in [-0.3, -0.25) is 9.59 Å². The van der Waals surface area contributed by atoms with E-state index < -0.39 is 0 Å². The number of piperidine rings is 2. The molecule has 1 aliphatic carbocycles. The van der Waals surface area contributed by atoms with Crippen molar-refractivity contribution < 1.29 is 14.4 Å². The Labute approximate surface area is 159 Å². The number of anilines is 1. The first-order valence-corrected chi connectivity index (χ1v) is 9.92. The van der Waals surface area contributed by atoms with Crippen LogP contribution < -0.4 is 5.32 Å². The Morgan fingerprint density at radius 2 is 1.74 bits per heavy atom. The third-order valence-electron chi connectivity index (χ3n) is 6.34. The summed E-state index contributed by atoms with van der Waals surface area (Å²) in [5.41, 5.74) is 1.53. The molecule has 6 nitrogen and oxygen atoms in total. The molecule has 0 radical (unpaired) electrons. The minimum absolute atomic E-state index is 0.0143. The van der Waals surface area contributed by atoms with E-state index in [1.165, 1.54) is 6.92 Å². The lowest BCUT2D eigenvalue weighted by Gasteiger charge is -2.47. The highest BCUT2D eigenvalue weighted by Crippen LogP contribution is 2.43. The summed E-state index contributed by atoms with van der Waals surface area (Å²) in [6.45, 7) is 3.85. The van der Waals surface area contributed by atoms with Gasteiger partial charge in [-0.2, -0.15) is 0 Å². The van der Waals surface area contributed by atoms with Crippen LogP contribution in [-0.2, 0) is 4.79 Å². The zero-order chi connectivity index (χ0) is 19.0. The smallest absolute Gasteiger partial charge is 0.321 e. The molecule has 1 aromatic rings. The average molecular weight is 369 g/mol. The summed E-state index contributed by atoms with van der Waals surface area (Å²) >= 11 is 0. The molecule has 6 heteroatoms. The lowest BCUT2D eigenvalue weighted by atomic mass is 9.72. The van der Waals surface area contributed by atoms with Gasteiger partial charge in [-0.1, -0.05) is 0 Å². The molecule has 1 N–H and O–H groups in total. The normalized spacial score (nSPS) is 22.0. The van der Waals surface area contributed by atoms with Crippen molar-refractivity contribution in [2.45, 2.75) is 51.5 Å². The molecule has 4 rings (SSSR count). The van der Waals surface area contributed by atoms with Crippen molar-refractivity contribution in [1.29, 1.82) is 0 Å². The Hall–Kier alpha value is -2.37. The molecule has 1 spiro atoms. The van der Waals surface area contributed by atoms with E-state index in [1.807, 2.05) is 4.90 Å². The second-order valence-electron chi connectivity index (χ2n) is 8.30. The van der Waals surface area contributed by atoms with Gasteiger partial charge in [-0.05, 0) is 68.7 Å². The molecule has 1 aromatic carbocycles. The van der Waals surface area contributed by atoms with Crippen LogP contribution in [-0.4, -0.2) is 53.2 Å². The molecule has 3 amide bonds. The highest BCUT2D eigenvalue weighted by Gasteiger charge is 2.45. The highest BCUT2D eigenvalue weighted by molar-refractivity contribution is 5.95. The van der Waals surface area contributed by atoms with Crippen molar-refractivity contribution in [2.75, 3.05) is 25.0 Å². The van der Waals surface area contributed by atoms with Crippen molar-refractivity contribution in [1.82, 2.24) is 9.80 Å². The number of nitrogens with zero attached hydrogens (tertiary/aromatic N) is 2. The minimum Gasteiger partial charge on any atom is -0.339 e. The molecule has 0 bridgehead atoms. The van der Waals surface area contributed by atoms with Crippen LogP contribution in [0.15, 0.2) is 24.3 Å². The second kappa shape index (κ2) is 6.98. The summed E-state index contributed by atoms with van der Waals surface area (Å²) in [6, 6.07) is 7.38. The van der Waals surface area contributed by atoms with Gasteiger partial charge in [0.25, 0.3) is 0 Å². The third kappa shape index (κ3) is 3.84. The van der Waals surface area contributed by atoms with Crippen molar-refractivity contribution in [3.05, 3.63) is 29.8 Å². The number of nitrogens with one attached hydrogen (secondary N) is 1. The lowest BCUT2D eigenvalue weighted by Crippen LogP contribution is -2.53. The van der Waals surface area contributed by atoms with Gasteiger partial charge in [0, 0.05) is 43.3 Å². The standard InChI is InChI=1S/C21H27N3O3/c1-15(25)16-2-4-17(5-3-16)22-20(27)23-12-10-21(11-13-23)9-8-19(26)24(14-21)18-6-7-18/h2-5,18H,6-14H2,1H3,(H,22,27). The molecule has 2 saturated heterocycles. The molecule has 2 heterocycles. The maximum absolute atomic E-state index is 12.6. The Kier molecular flexibility index (Phi) is 4.66. The summed E-state index contributed by atoms with van der Waals surface area (Å²) < 4.78 is 0. The minimum atomic E-state index is -0.0913. The lowest BCUT2D eigenvalue weighted by molar-refractivity contribution is -0.139.